The van der Waals surface area contributed by atoms with Crippen LogP contribution in [0.2, 0.25) is 0 Å². The molecule has 4 aromatic rings. The number of carbonyl (C=O) groups is 1. The van der Waals surface area contributed by atoms with Crippen LogP contribution in [0.3, 0.4) is 0 Å². The van der Waals surface area contributed by atoms with E-state index < -0.39 is 0 Å². The Balaban J connectivity index is 0.00000267. The highest BCUT2D eigenvalue weighted by atomic mass is 35.5. The molecule has 0 radical (unpaired) electrons. The van der Waals surface area contributed by atoms with Crippen LogP contribution in [0.5, 0.6) is 0 Å². The molecule has 0 aliphatic carbocycles. The quantitative estimate of drug-likeness (QED) is 0.411. The largest absolute Gasteiger partial charge is 0.445 e. The maximum absolute atomic E-state index is 13.1. The first-order valence-corrected chi connectivity index (χ1v) is 12.1. The van der Waals surface area contributed by atoms with Crippen LogP contribution >= 0.6 is 12.4 Å². The van der Waals surface area contributed by atoms with Gasteiger partial charge in [0.25, 0.3) is 5.91 Å². The van der Waals surface area contributed by atoms with Crippen LogP contribution in [0.25, 0.3) is 22.4 Å². The topological polar surface area (TPSA) is 112 Å². The maximum Gasteiger partial charge on any atom is 0.289 e. The number of nitrogens with zero attached hydrogens (tertiary/aromatic N) is 5. The minimum atomic E-state index is -0.0915. The van der Waals surface area contributed by atoms with Crippen molar-refractivity contribution in [1.29, 1.82) is 0 Å². The van der Waals surface area contributed by atoms with E-state index in [1.807, 2.05) is 41.3 Å². The van der Waals surface area contributed by atoms with Gasteiger partial charge in [-0.2, -0.15) is 10.1 Å². The Bertz CT molecular complexity index is 1330. The van der Waals surface area contributed by atoms with Crippen molar-refractivity contribution in [3.8, 4) is 11.3 Å². The first kappa shape index (κ1) is 24.1. The van der Waals surface area contributed by atoms with Crippen LogP contribution in [0.15, 0.2) is 46.9 Å². The number of furan rings is 1. The van der Waals surface area contributed by atoms with E-state index in [0.717, 1.165) is 43.6 Å². The number of aromatic nitrogens is 4. The lowest BCUT2D eigenvalue weighted by molar-refractivity contribution is 0.0694. The number of ether oxygens (including phenoxy) is 1. The number of halogens is 1. The summed E-state index contributed by atoms with van der Waals surface area (Å²) in [5.41, 5.74) is 2.94. The first-order valence-electron chi connectivity index (χ1n) is 12.1. The number of hydrogen-bond acceptors (Lipinski definition) is 8. The number of piperidine rings is 1. The molecule has 0 saturated carbocycles. The van der Waals surface area contributed by atoms with Gasteiger partial charge in [0.15, 0.2) is 17.2 Å². The molecule has 0 atom stereocenters. The van der Waals surface area contributed by atoms with Crippen LogP contribution < -0.4 is 10.2 Å². The monoisotopic (exact) mass is 509 g/mol. The van der Waals surface area contributed by atoms with E-state index in [0.29, 0.717) is 60.7 Å². The fourth-order valence-electron chi connectivity index (χ4n) is 4.58. The van der Waals surface area contributed by atoms with E-state index in [1.165, 1.54) is 0 Å². The molecule has 0 unspecified atom stereocenters. The smallest absolute Gasteiger partial charge is 0.289 e. The second kappa shape index (κ2) is 10.5. The summed E-state index contributed by atoms with van der Waals surface area (Å²) >= 11 is 0. The summed E-state index contributed by atoms with van der Waals surface area (Å²) in [5.74, 6) is 1.94. The molecule has 2 aliphatic heterocycles. The highest BCUT2D eigenvalue weighted by Gasteiger charge is 2.26. The molecule has 2 aliphatic rings. The summed E-state index contributed by atoms with van der Waals surface area (Å²) in [6.07, 6.45) is 3.20. The maximum atomic E-state index is 13.1. The Morgan fingerprint density at radius 1 is 0.972 bits per heavy atom. The lowest BCUT2D eigenvalue weighted by Gasteiger charge is -2.27. The predicted octanol–water partition coefficient (Wildman–Crippen LogP) is 4.24. The number of morpholine rings is 1. The van der Waals surface area contributed by atoms with E-state index in [4.69, 9.17) is 14.1 Å². The third-order valence-corrected chi connectivity index (χ3v) is 6.41. The van der Waals surface area contributed by atoms with Crippen LogP contribution in [-0.2, 0) is 4.74 Å². The minimum Gasteiger partial charge on any atom is -0.445 e. The molecule has 1 amide bonds. The van der Waals surface area contributed by atoms with Gasteiger partial charge in [-0.05, 0) is 19.3 Å². The molecule has 2 fully saturated rings. The molecule has 11 heteroatoms. The number of fused-ring (bicyclic) bond motifs is 1. The summed E-state index contributed by atoms with van der Waals surface area (Å²) < 4.78 is 11.6. The van der Waals surface area contributed by atoms with Crippen molar-refractivity contribution >= 4 is 47.0 Å². The zero-order valence-electron chi connectivity index (χ0n) is 19.8. The van der Waals surface area contributed by atoms with Gasteiger partial charge in [-0.15, -0.1) is 12.4 Å². The van der Waals surface area contributed by atoms with Gasteiger partial charge in [-0.3, -0.25) is 9.89 Å². The van der Waals surface area contributed by atoms with E-state index in [1.54, 1.807) is 6.07 Å². The summed E-state index contributed by atoms with van der Waals surface area (Å²) in [6.45, 7) is 4.10. The molecule has 36 heavy (non-hydrogen) atoms. The number of carbonyl (C=O) groups excluding carboxylic acids is 1. The molecule has 188 valence electrons. The number of likely N-dealkylation sites (tertiary alicyclic amines) is 1. The number of benzene rings is 1. The number of hydrogen-bond donors (Lipinski definition) is 2. The van der Waals surface area contributed by atoms with Gasteiger partial charge in [0.1, 0.15) is 11.3 Å². The third kappa shape index (κ3) is 4.87. The lowest BCUT2D eigenvalue weighted by atomic mass is 10.1. The highest BCUT2D eigenvalue weighted by Crippen LogP contribution is 2.31. The Labute approximate surface area is 214 Å². The third-order valence-electron chi connectivity index (χ3n) is 6.41. The van der Waals surface area contributed by atoms with Gasteiger partial charge in [0, 0.05) is 43.9 Å². The van der Waals surface area contributed by atoms with Crippen molar-refractivity contribution in [3.05, 3.63) is 48.2 Å². The Morgan fingerprint density at radius 3 is 2.53 bits per heavy atom. The lowest BCUT2D eigenvalue weighted by Crippen LogP contribution is -2.37. The summed E-state index contributed by atoms with van der Waals surface area (Å²) in [6, 6.07) is 13.6. The molecule has 1 aromatic carbocycles. The van der Waals surface area contributed by atoms with E-state index >= 15 is 0 Å². The minimum absolute atomic E-state index is 0. The molecule has 0 spiro atoms. The van der Waals surface area contributed by atoms with Crippen molar-refractivity contribution in [1.82, 2.24) is 25.1 Å². The molecule has 6 rings (SSSR count). The Kier molecular flexibility index (Phi) is 7.06. The SMILES string of the molecule is Cl.O=C(c1cc2nc(Nc3cc(-c4ccccc4)n[nH]3)nc(N3CCOCC3)c2o1)N1CCCCC1. The van der Waals surface area contributed by atoms with Gasteiger partial charge in [-0.1, -0.05) is 30.3 Å². The zero-order chi connectivity index (χ0) is 23.6. The molecule has 2 saturated heterocycles. The summed E-state index contributed by atoms with van der Waals surface area (Å²) in [7, 11) is 0. The number of rotatable bonds is 5. The second-order valence-electron chi connectivity index (χ2n) is 8.81. The number of anilines is 3. The normalized spacial score (nSPS) is 16.1. The number of nitrogens with one attached hydrogen (secondary N) is 2. The van der Waals surface area contributed by atoms with Crippen LogP contribution in [-0.4, -0.2) is 70.4 Å². The predicted molar refractivity (Wildman–Crippen MR) is 139 cm³/mol. The fourth-order valence-corrected chi connectivity index (χ4v) is 4.58. The van der Waals surface area contributed by atoms with Crippen molar-refractivity contribution in [2.45, 2.75) is 19.3 Å². The standard InChI is InChI=1S/C25H27N7O3.ClH/c33-24(32-9-5-2-6-10-32)20-15-19-22(35-20)23(31-11-13-34-14-12-31)28-25(26-19)27-21-16-18(29-30-21)17-7-3-1-4-8-17;/h1,3-4,7-8,15-16H,2,5-6,9-14H2,(H2,26,27,28,29,30);1H. The van der Waals surface area contributed by atoms with Crippen molar-refractivity contribution in [3.63, 3.8) is 0 Å². The van der Waals surface area contributed by atoms with Crippen LogP contribution in [0.1, 0.15) is 29.8 Å². The van der Waals surface area contributed by atoms with E-state index in [-0.39, 0.29) is 18.3 Å². The molecule has 10 nitrogen and oxygen atoms in total. The first-order chi connectivity index (χ1) is 17.2. The van der Waals surface area contributed by atoms with Crippen molar-refractivity contribution in [2.24, 2.45) is 0 Å². The summed E-state index contributed by atoms with van der Waals surface area (Å²) in [5, 5.41) is 10.6. The van der Waals surface area contributed by atoms with Gasteiger partial charge >= 0.3 is 0 Å². The van der Waals surface area contributed by atoms with Gasteiger partial charge in [0.2, 0.25) is 5.95 Å². The zero-order valence-corrected chi connectivity index (χ0v) is 20.6. The number of H-pyrrole nitrogens is 1. The molecule has 2 N–H and O–H groups in total. The number of aromatic amines is 1. The molecular formula is C25H28ClN7O3. The van der Waals surface area contributed by atoms with Crippen LogP contribution in [0.4, 0.5) is 17.6 Å². The van der Waals surface area contributed by atoms with E-state index in [2.05, 4.69) is 25.4 Å². The average molecular weight is 510 g/mol. The fraction of sp³-hybridized carbons (Fsp3) is 0.360. The number of amides is 1. The van der Waals surface area contributed by atoms with Crippen LogP contribution in [0, 0.1) is 0 Å². The van der Waals surface area contributed by atoms with Crippen molar-refractivity contribution < 1.29 is 13.9 Å². The molecular weight excluding hydrogens is 482 g/mol. The molecule has 3 aromatic heterocycles. The Hall–Kier alpha value is -3.63. The van der Waals surface area contributed by atoms with Gasteiger partial charge in [-0.25, -0.2) is 4.98 Å². The van der Waals surface area contributed by atoms with Crippen molar-refractivity contribution in [2.75, 3.05) is 49.6 Å². The molecule has 0 bridgehead atoms. The van der Waals surface area contributed by atoms with Gasteiger partial charge in [0.05, 0.1) is 18.9 Å². The van der Waals surface area contributed by atoms with Gasteiger partial charge < -0.3 is 24.3 Å². The van der Waals surface area contributed by atoms with E-state index in [9.17, 15) is 4.79 Å². The molecule has 5 heterocycles. The average Bonchev–Trinajstić information content (AvgIpc) is 3.57. The second-order valence-corrected chi connectivity index (χ2v) is 8.81. The Morgan fingerprint density at radius 2 is 1.75 bits per heavy atom. The summed E-state index contributed by atoms with van der Waals surface area (Å²) in [4.78, 5) is 26.5. The highest BCUT2D eigenvalue weighted by molar-refractivity contribution is 5.97.